The highest BCUT2D eigenvalue weighted by Gasteiger charge is 2.18. The van der Waals surface area contributed by atoms with Crippen LogP contribution >= 0.6 is 0 Å². The number of hydrogen-bond donors (Lipinski definition) is 1. The number of anilines is 1. The zero-order valence-electron chi connectivity index (χ0n) is 12.5. The van der Waals surface area contributed by atoms with Crippen LogP contribution in [0.5, 0.6) is 0 Å². The average Bonchev–Trinajstić information content (AvgIpc) is 2.49. The number of nitrogens with zero attached hydrogens (tertiary/aromatic N) is 3. The van der Waals surface area contributed by atoms with Crippen LogP contribution in [0.2, 0.25) is 0 Å². The Kier molecular flexibility index (Phi) is 5.40. The van der Waals surface area contributed by atoms with Gasteiger partial charge in [-0.2, -0.15) is 5.26 Å². The Morgan fingerprint density at radius 1 is 1.25 bits per heavy atom. The first-order valence-electron chi connectivity index (χ1n) is 7.43. The fourth-order valence-corrected chi connectivity index (χ4v) is 2.79. The molecule has 1 fully saturated rings. The maximum absolute atomic E-state index is 9.37. The van der Waals surface area contributed by atoms with E-state index in [2.05, 4.69) is 40.2 Å². The summed E-state index contributed by atoms with van der Waals surface area (Å²) < 4.78 is 0. The highest BCUT2D eigenvalue weighted by molar-refractivity contribution is 5.60. The fraction of sp³-hybridized carbons (Fsp3) is 0.562. The lowest BCUT2D eigenvalue weighted by atomic mass is 10.1. The zero-order valence-corrected chi connectivity index (χ0v) is 12.5. The quantitative estimate of drug-likeness (QED) is 0.887. The fourth-order valence-electron chi connectivity index (χ4n) is 2.79. The van der Waals surface area contributed by atoms with Crippen LogP contribution in [0.25, 0.3) is 0 Å². The maximum atomic E-state index is 9.37. The SMILES string of the molecule is CCCN1CCN(c2ccc(CNC)cc2C#N)CC1. The molecular formula is C16H24N4. The number of benzene rings is 1. The smallest absolute Gasteiger partial charge is 0.101 e. The molecular weight excluding hydrogens is 248 g/mol. The average molecular weight is 272 g/mol. The molecule has 0 spiro atoms. The zero-order chi connectivity index (χ0) is 14.4. The molecule has 0 aliphatic carbocycles. The van der Waals surface area contributed by atoms with E-state index in [1.165, 1.54) is 13.0 Å². The summed E-state index contributed by atoms with van der Waals surface area (Å²) in [7, 11) is 1.92. The Bertz CT molecular complexity index is 470. The van der Waals surface area contributed by atoms with Gasteiger partial charge in [-0.25, -0.2) is 0 Å². The molecule has 1 saturated heterocycles. The molecule has 0 aromatic heterocycles. The Morgan fingerprint density at radius 2 is 2.00 bits per heavy atom. The van der Waals surface area contributed by atoms with Gasteiger partial charge in [-0.3, -0.25) is 4.90 Å². The normalized spacial score (nSPS) is 16.1. The molecule has 1 aliphatic heterocycles. The molecule has 1 aromatic carbocycles. The van der Waals surface area contributed by atoms with E-state index in [4.69, 9.17) is 0 Å². The van der Waals surface area contributed by atoms with Gasteiger partial charge in [0, 0.05) is 32.7 Å². The molecule has 0 unspecified atom stereocenters. The van der Waals surface area contributed by atoms with Crippen LogP contribution in [-0.2, 0) is 6.54 Å². The molecule has 0 amide bonds. The van der Waals surface area contributed by atoms with Gasteiger partial charge in [0.2, 0.25) is 0 Å². The van der Waals surface area contributed by atoms with Crippen LogP contribution in [0.1, 0.15) is 24.5 Å². The lowest BCUT2D eigenvalue weighted by Crippen LogP contribution is -2.46. The van der Waals surface area contributed by atoms with Gasteiger partial charge in [0.15, 0.2) is 0 Å². The van der Waals surface area contributed by atoms with E-state index in [1.807, 2.05) is 13.1 Å². The van der Waals surface area contributed by atoms with E-state index in [0.717, 1.165) is 49.5 Å². The minimum Gasteiger partial charge on any atom is -0.368 e. The van der Waals surface area contributed by atoms with Crippen LogP contribution in [-0.4, -0.2) is 44.7 Å². The van der Waals surface area contributed by atoms with Crippen molar-refractivity contribution in [1.29, 1.82) is 5.26 Å². The van der Waals surface area contributed by atoms with Crippen molar-refractivity contribution >= 4 is 5.69 Å². The molecule has 2 rings (SSSR count). The molecule has 4 nitrogen and oxygen atoms in total. The number of piperazine rings is 1. The van der Waals surface area contributed by atoms with Gasteiger partial charge in [-0.1, -0.05) is 13.0 Å². The van der Waals surface area contributed by atoms with Gasteiger partial charge in [0.25, 0.3) is 0 Å². The summed E-state index contributed by atoms with van der Waals surface area (Å²) in [6.07, 6.45) is 1.21. The summed E-state index contributed by atoms with van der Waals surface area (Å²) >= 11 is 0. The van der Waals surface area contributed by atoms with Crippen LogP contribution in [0, 0.1) is 11.3 Å². The Labute approximate surface area is 122 Å². The Hall–Kier alpha value is -1.57. The van der Waals surface area contributed by atoms with Crippen LogP contribution in [0.4, 0.5) is 5.69 Å². The van der Waals surface area contributed by atoms with Gasteiger partial charge >= 0.3 is 0 Å². The predicted molar refractivity (Wildman–Crippen MR) is 82.9 cm³/mol. The maximum Gasteiger partial charge on any atom is 0.101 e. The third-order valence-corrected chi connectivity index (χ3v) is 3.82. The predicted octanol–water partition coefficient (Wildman–Crippen LogP) is 1.81. The van der Waals surface area contributed by atoms with Gasteiger partial charge in [-0.05, 0) is 37.7 Å². The molecule has 108 valence electrons. The van der Waals surface area contributed by atoms with E-state index in [-0.39, 0.29) is 0 Å². The van der Waals surface area contributed by atoms with E-state index < -0.39 is 0 Å². The number of nitrogens with one attached hydrogen (secondary N) is 1. The second-order valence-electron chi connectivity index (χ2n) is 5.32. The second-order valence-corrected chi connectivity index (χ2v) is 5.32. The number of nitriles is 1. The van der Waals surface area contributed by atoms with E-state index in [0.29, 0.717) is 0 Å². The molecule has 1 N–H and O–H groups in total. The molecule has 0 bridgehead atoms. The minimum absolute atomic E-state index is 0.793. The van der Waals surface area contributed by atoms with E-state index in [9.17, 15) is 5.26 Å². The van der Waals surface area contributed by atoms with Crippen molar-refractivity contribution in [3.05, 3.63) is 29.3 Å². The monoisotopic (exact) mass is 272 g/mol. The molecule has 0 saturated carbocycles. The lowest BCUT2D eigenvalue weighted by Gasteiger charge is -2.36. The first-order valence-corrected chi connectivity index (χ1v) is 7.43. The van der Waals surface area contributed by atoms with Crippen molar-refractivity contribution < 1.29 is 0 Å². The van der Waals surface area contributed by atoms with Gasteiger partial charge in [0.1, 0.15) is 6.07 Å². The number of rotatable bonds is 5. The van der Waals surface area contributed by atoms with Gasteiger partial charge in [0.05, 0.1) is 11.3 Å². The highest BCUT2D eigenvalue weighted by atomic mass is 15.3. The van der Waals surface area contributed by atoms with Crippen LogP contribution in [0.15, 0.2) is 18.2 Å². The summed E-state index contributed by atoms with van der Waals surface area (Å²) in [6, 6.07) is 8.56. The third kappa shape index (κ3) is 3.50. The molecule has 1 aliphatic rings. The topological polar surface area (TPSA) is 42.3 Å². The van der Waals surface area contributed by atoms with Crippen molar-refractivity contribution in [2.75, 3.05) is 44.7 Å². The standard InChI is InChI=1S/C16H24N4/c1-3-6-19-7-9-20(10-8-19)16-5-4-14(13-18-2)11-15(16)12-17/h4-5,11,18H,3,6-10,13H2,1-2H3. The molecule has 20 heavy (non-hydrogen) atoms. The Morgan fingerprint density at radius 3 is 2.60 bits per heavy atom. The van der Waals surface area contributed by atoms with E-state index in [1.54, 1.807) is 0 Å². The summed E-state index contributed by atoms with van der Waals surface area (Å²) in [6.45, 7) is 8.42. The first kappa shape index (κ1) is 14.8. The Balaban J connectivity index is 2.08. The van der Waals surface area contributed by atoms with E-state index >= 15 is 0 Å². The highest BCUT2D eigenvalue weighted by Crippen LogP contribution is 2.23. The van der Waals surface area contributed by atoms with Crippen molar-refractivity contribution in [2.45, 2.75) is 19.9 Å². The summed E-state index contributed by atoms with van der Waals surface area (Å²) in [4.78, 5) is 4.84. The molecule has 0 radical (unpaired) electrons. The molecule has 1 heterocycles. The molecule has 4 heteroatoms. The van der Waals surface area contributed by atoms with Crippen molar-refractivity contribution in [1.82, 2.24) is 10.2 Å². The van der Waals surface area contributed by atoms with Crippen molar-refractivity contribution in [2.24, 2.45) is 0 Å². The number of hydrogen-bond acceptors (Lipinski definition) is 4. The second kappa shape index (κ2) is 7.28. The van der Waals surface area contributed by atoms with Crippen LogP contribution < -0.4 is 10.2 Å². The largest absolute Gasteiger partial charge is 0.368 e. The summed E-state index contributed by atoms with van der Waals surface area (Å²) in [5.41, 5.74) is 3.04. The molecule has 0 atom stereocenters. The minimum atomic E-state index is 0.793. The third-order valence-electron chi connectivity index (χ3n) is 3.82. The lowest BCUT2D eigenvalue weighted by molar-refractivity contribution is 0.258. The van der Waals surface area contributed by atoms with Crippen molar-refractivity contribution in [3.8, 4) is 6.07 Å². The van der Waals surface area contributed by atoms with Crippen molar-refractivity contribution in [3.63, 3.8) is 0 Å². The van der Waals surface area contributed by atoms with Gasteiger partial charge in [-0.15, -0.1) is 0 Å². The summed E-state index contributed by atoms with van der Waals surface area (Å²) in [5, 5.41) is 12.5. The summed E-state index contributed by atoms with van der Waals surface area (Å²) in [5.74, 6) is 0. The molecule has 1 aromatic rings. The van der Waals surface area contributed by atoms with Gasteiger partial charge < -0.3 is 10.2 Å². The first-order chi connectivity index (χ1) is 9.78. The van der Waals surface area contributed by atoms with Crippen LogP contribution in [0.3, 0.4) is 0 Å².